The first kappa shape index (κ1) is 12.8. The van der Waals surface area contributed by atoms with Crippen molar-refractivity contribution in [1.29, 1.82) is 0 Å². The van der Waals surface area contributed by atoms with Gasteiger partial charge in [-0.3, -0.25) is 10.1 Å². The molecule has 0 radical (unpaired) electrons. The third-order valence-corrected chi connectivity index (χ3v) is 3.97. The molecule has 1 amide bonds. The van der Waals surface area contributed by atoms with E-state index in [4.69, 9.17) is 0 Å². The van der Waals surface area contributed by atoms with Crippen molar-refractivity contribution in [3.63, 3.8) is 0 Å². The molecule has 1 aliphatic rings. The molecule has 4 heteroatoms. The quantitative estimate of drug-likeness (QED) is 0.853. The van der Waals surface area contributed by atoms with Crippen LogP contribution in [-0.2, 0) is 4.79 Å². The van der Waals surface area contributed by atoms with E-state index in [1.807, 2.05) is 7.05 Å². The molecule has 0 saturated carbocycles. The molecule has 1 saturated heterocycles. The van der Waals surface area contributed by atoms with E-state index in [0.29, 0.717) is 0 Å². The van der Waals surface area contributed by atoms with Gasteiger partial charge in [-0.1, -0.05) is 12.1 Å². The summed E-state index contributed by atoms with van der Waals surface area (Å²) < 4.78 is 1.23. The van der Waals surface area contributed by atoms with Crippen molar-refractivity contribution in [3.8, 4) is 0 Å². The Morgan fingerprint density at radius 1 is 1.41 bits per heavy atom. The van der Waals surface area contributed by atoms with Crippen molar-refractivity contribution in [2.75, 3.05) is 13.6 Å². The molecule has 3 nitrogen and oxygen atoms in total. The lowest BCUT2D eigenvalue weighted by molar-refractivity contribution is -0.128. The smallest absolute Gasteiger partial charge is 0.239 e. The van der Waals surface area contributed by atoms with Crippen LogP contribution >= 0.6 is 22.6 Å². The van der Waals surface area contributed by atoms with E-state index in [1.165, 1.54) is 9.13 Å². The van der Waals surface area contributed by atoms with E-state index in [0.717, 1.165) is 13.0 Å². The van der Waals surface area contributed by atoms with Gasteiger partial charge in [0.1, 0.15) is 0 Å². The third-order valence-electron chi connectivity index (χ3n) is 3.25. The summed E-state index contributed by atoms with van der Waals surface area (Å²) in [5.41, 5.74) is 1.23. The minimum atomic E-state index is -0.0192. The summed E-state index contributed by atoms with van der Waals surface area (Å²) in [5, 5.41) is 3.40. The zero-order valence-electron chi connectivity index (χ0n) is 10.1. The second-order valence-corrected chi connectivity index (χ2v) is 5.79. The summed E-state index contributed by atoms with van der Waals surface area (Å²) in [6, 6.07) is 8.61. The molecule has 0 aromatic heterocycles. The number of nitrogens with zero attached hydrogens (tertiary/aromatic N) is 1. The van der Waals surface area contributed by atoms with Crippen LogP contribution in [-0.4, -0.2) is 30.4 Å². The van der Waals surface area contributed by atoms with E-state index in [1.54, 1.807) is 4.90 Å². The molecule has 1 N–H and O–H groups in total. The molecule has 0 bridgehead atoms. The number of amides is 1. The van der Waals surface area contributed by atoms with Crippen LogP contribution in [0.1, 0.15) is 24.9 Å². The second kappa shape index (κ2) is 5.35. The fourth-order valence-electron chi connectivity index (χ4n) is 2.13. The van der Waals surface area contributed by atoms with Crippen LogP contribution in [0.15, 0.2) is 24.3 Å². The van der Waals surface area contributed by atoms with Gasteiger partial charge < -0.3 is 4.90 Å². The normalized spacial score (nSPS) is 21.9. The van der Waals surface area contributed by atoms with Crippen LogP contribution in [0.3, 0.4) is 0 Å². The maximum absolute atomic E-state index is 11.8. The van der Waals surface area contributed by atoms with Gasteiger partial charge in [0.25, 0.3) is 0 Å². The number of carbonyl (C=O) groups excluding carboxylic acids is 1. The highest BCUT2D eigenvalue weighted by atomic mass is 127. The predicted molar refractivity (Wildman–Crippen MR) is 76.8 cm³/mol. The summed E-state index contributed by atoms with van der Waals surface area (Å²) >= 11 is 2.29. The Bertz CT molecular complexity index is 404. The standard InChI is InChI=1S/C13H17IN2O/c1-9(10-3-5-11(14)6-4-10)15-12-7-8-16(2)13(12)17/h3-6,9,12,15H,7-8H2,1-2H3. The Morgan fingerprint density at radius 3 is 2.59 bits per heavy atom. The largest absolute Gasteiger partial charge is 0.344 e. The van der Waals surface area contributed by atoms with Gasteiger partial charge >= 0.3 is 0 Å². The Labute approximate surface area is 116 Å². The molecular weight excluding hydrogens is 327 g/mol. The highest BCUT2D eigenvalue weighted by Crippen LogP contribution is 2.18. The minimum Gasteiger partial charge on any atom is -0.344 e. The summed E-state index contributed by atoms with van der Waals surface area (Å²) in [6.07, 6.45) is 0.907. The van der Waals surface area contributed by atoms with Crippen LogP contribution in [0.5, 0.6) is 0 Å². The Morgan fingerprint density at radius 2 is 2.06 bits per heavy atom. The van der Waals surface area contributed by atoms with E-state index >= 15 is 0 Å². The van der Waals surface area contributed by atoms with E-state index in [9.17, 15) is 4.79 Å². The minimum absolute atomic E-state index is 0.0192. The first-order valence-electron chi connectivity index (χ1n) is 5.84. The highest BCUT2D eigenvalue weighted by molar-refractivity contribution is 14.1. The van der Waals surface area contributed by atoms with Crippen LogP contribution in [0.25, 0.3) is 0 Å². The average molecular weight is 344 g/mol. The summed E-state index contributed by atoms with van der Waals surface area (Å²) in [5.74, 6) is 0.211. The fourth-order valence-corrected chi connectivity index (χ4v) is 2.49. The molecule has 1 aromatic carbocycles. The monoisotopic (exact) mass is 344 g/mol. The van der Waals surface area contributed by atoms with Gasteiger partial charge in [-0.15, -0.1) is 0 Å². The molecule has 1 aromatic rings. The van der Waals surface area contributed by atoms with Gasteiger partial charge in [-0.05, 0) is 53.6 Å². The van der Waals surface area contributed by atoms with E-state index in [2.05, 4.69) is 59.1 Å². The lowest BCUT2D eigenvalue weighted by Crippen LogP contribution is -2.38. The van der Waals surface area contributed by atoms with Gasteiger partial charge in [-0.2, -0.15) is 0 Å². The number of hydrogen-bond donors (Lipinski definition) is 1. The van der Waals surface area contributed by atoms with Gasteiger partial charge in [0.15, 0.2) is 0 Å². The molecule has 92 valence electrons. The van der Waals surface area contributed by atoms with Crippen LogP contribution in [0.2, 0.25) is 0 Å². The van der Waals surface area contributed by atoms with E-state index in [-0.39, 0.29) is 18.0 Å². The van der Waals surface area contributed by atoms with Gasteiger partial charge in [0, 0.05) is 23.2 Å². The molecule has 1 heterocycles. The maximum atomic E-state index is 11.8. The predicted octanol–water partition coefficient (Wildman–Crippen LogP) is 2.17. The molecule has 2 unspecified atom stereocenters. The maximum Gasteiger partial charge on any atom is 0.239 e. The number of benzene rings is 1. The second-order valence-electron chi connectivity index (χ2n) is 4.54. The topological polar surface area (TPSA) is 32.3 Å². The van der Waals surface area contributed by atoms with Crippen molar-refractivity contribution < 1.29 is 4.79 Å². The number of likely N-dealkylation sites (N-methyl/N-ethyl adjacent to an activating group) is 1. The van der Waals surface area contributed by atoms with Gasteiger partial charge in [-0.25, -0.2) is 0 Å². The first-order valence-corrected chi connectivity index (χ1v) is 6.92. The Kier molecular flexibility index (Phi) is 4.04. The van der Waals surface area contributed by atoms with Crippen LogP contribution in [0, 0.1) is 3.57 Å². The number of carbonyl (C=O) groups is 1. The average Bonchev–Trinajstić information content (AvgIpc) is 2.62. The van der Waals surface area contributed by atoms with Crippen LogP contribution < -0.4 is 5.32 Å². The Hall–Kier alpha value is -0.620. The number of nitrogens with one attached hydrogen (secondary N) is 1. The fraction of sp³-hybridized carbons (Fsp3) is 0.462. The molecule has 17 heavy (non-hydrogen) atoms. The van der Waals surface area contributed by atoms with Gasteiger partial charge in [0.2, 0.25) is 5.91 Å². The van der Waals surface area contributed by atoms with E-state index < -0.39 is 0 Å². The number of rotatable bonds is 3. The molecule has 0 spiro atoms. The Balaban J connectivity index is 1.99. The number of hydrogen-bond acceptors (Lipinski definition) is 2. The lowest BCUT2D eigenvalue weighted by atomic mass is 10.1. The summed E-state index contributed by atoms with van der Waals surface area (Å²) in [7, 11) is 1.86. The van der Waals surface area contributed by atoms with Crippen molar-refractivity contribution in [2.24, 2.45) is 0 Å². The third kappa shape index (κ3) is 2.98. The zero-order chi connectivity index (χ0) is 12.4. The molecule has 1 fully saturated rings. The summed E-state index contributed by atoms with van der Waals surface area (Å²) in [4.78, 5) is 13.6. The number of halogens is 1. The molecule has 0 aliphatic carbocycles. The molecule has 2 atom stereocenters. The SMILES string of the molecule is CC(NC1CCN(C)C1=O)c1ccc(I)cc1. The van der Waals surface area contributed by atoms with Crippen molar-refractivity contribution >= 4 is 28.5 Å². The summed E-state index contributed by atoms with van der Waals surface area (Å²) in [6.45, 7) is 2.96. The highest BCUT2D eigenvalue weighted by Gasteiger charge is 2.29. The van der Waals surface area contributed by atoms with Crippen molar-refractivity contribution in [1.82, 2.24) is 10.2 Å². The molecule has 2 rings (SSSR count). The van der Waals surface area contributed by atoms with Gasteiger partial charge in [0.05, 0.1) is 6.04 Å². The lowest BCUT2D eigenvalue weighted by Gasteiger charge is -2.19. The van der Waals surface area contributed by atoms with Crippen LogP contribution in [0.4, 0.5) is 0 Å². The first-order chi connectivity index (χ1) is 8.08. The molecule has 1 aliphatic heterocycles. The van der Waals surface area contributed by atoms with Crippen molar-refractivity contribution in [3.05, 3.63) is 33.4 Å². The number of likely N-dealkylation sites (tertiary alicyclic amines) is 1. The zero-order valence-corrected chi connectivity index (χ0v) is 12.3. The molecular formula is C13H17IN2O. The van der Waals surface area contributed by atoms with Crippen molar-refractivity contribution in [2.45, 2.75) is 25.4 Å².